The maximum Gasteiger partial charge on any atom is 0.168 e. The predicted molar refractivity (Wildman–Crippen MR) is 62.3 cm³/mol. The summed E-state index contributed by atoms with van der Waals surface area (Å²) in [6.07, 6.45) is 5.00. The molecule has 2 aliphatic rings. The van der Waals surface area contributed by atoms with Crippen molar-refractivity contribution in [2.75, 3.05) is 13.6 Å². The van der Waals surface area contributed by atoms with E-state index in [2.05, 4.69) is 23.6 Å². The number of hydrogen-bond acceptors (Lipinski definition) is 3. The SMILES string of the molecule is CC1CCCn2nc(C3CCCN3C)nc21. The van der Waals surface area contributed by atoms with E-state index in [0.29, 0.717) is 12.0 Å². The molecule has 88 valence electrons. The maximum absolute atomic E-state index is 4.77. The zero-order chi connectivity index (χ0) is 11.1. The standard InChI is InChI=1S/C12H20N4/c1-9-5-3-8-16-12(9)13-11(14-16)10-6-4-7-15(10)2/h9-10H,3-8H2,1-2H3. The van der Waals surface area contributed by atoms with Crippen LogP contribution >= 0.6 is 0 Å². The average molecular weight is 220 g/mol. The molecule has 16 heavy (non-hydrogen) atoms. The lowest BCUT2D eigenvalue weighted by molar-refractivity contribution is 0.304. The van der Waals surface area contributed by atoms with Crippen molar-refractivity contribution in [3.8, 4) is 0 Å². The Kier molecular flexibility index (Phi) is 2.46. The van der Waals surface area contributed by atoms with E-state index in [0.717, 1.165) is 12.4 Å². The van der Waals surface area contributed by atoms with Crippen LogP contribution in [0.4, 0.5) is 0 Å². The zero-order valence-corrected chi connectivity index (χ0v) is 10.2. The van der Waals surface area contributed by atoms with Crippen LogP contribution in [0.5, 0.6) is 0 Å². The van der Waals surface area contributed by atoms with E-state index in [1.807, 2.05) is 0 Å². The summed E-state index contributed by atoms with van der Waals surface area (Å²) in [4.78, 5) is 7.16. The molecule has 0 radical (unpaired) electrons. The number of likely N-dealkylation sites (tertiary alicyclic amines) is 1. The highest BCUT2D eigenvalue weighted by Crippen LogP contribution is 2.31. The van der Waals surface area contributed by atoms with E-state index >= 15 is 0 Å². The smallest absolute Gasteiger partial charge is 0.168 e. The molecule has 0 spiro atoms. The molecule has 4 heteroatoms. The van der Waals surface area contributed by atoms with E-state index in [9.17, 15) is 0 Å². The van der Waals surface area contributed by atoms with Crippen LogP contribution in [0, 0.1) is 0 Å². The first-order chi connectivity index (χ1) is 7.75. The first-order valence-corrected chi connectivity index (χ1v) is 6.40. The number of rotatable bonds is 1. The van der Waals surface area contributed by atoms with Crippen LogP contribution < -0.4 is 0 Å². The molecule has 0 saturated carbocycles. The summed E-state index contributed by atoms with van der Waals surface area (Å²) in [7, 11) is 2.18. The van der Waals surface area contributed by atoms with Crippen LogP contribution in [0.1, 0.15) is 56.2 Å². The molecule has 2 atom stereocenters. The molecule has 0 amide bonds. The van der Waals surface area contributed by atoms with Gasteiger partial charge in [-0.15, -0.1) is 0 Å². The number of aryl methyl sites for hydroxylation is 1. The minimum Gasteiger partial charge on any atom is -0.296 e. The first-order valence-electron chi connectivity index (χ1n) is 6.40. The van der Waals surface area contributed by atoms with Gasteiger partial charge in [0, 0.05) is 12.5 Å². The van der Waals surface area contributed by atoms with Gasteiger partial charge in [-0.2, -0.15) is 5.10 Å². The number of fused-ring (bicyclic) bond motifs is 1. The molecule has 2 aliphatic heterocycles. The Labute approximate surface area is 96.7 Å². The lowest BCUT2D eigenvalue weighted by Gasteiger charge is -2.17. The molecular formula is C12H20N4. The third-order valence-electron chi connectivity index (χ3n) is 3.98. The Morgan fingerprint density at radius 2 is 2.00 bits per heavy atom. The highest BCUT2D eigenvalue weighted by atomic mass is 15.4. The van der Waals surface area contributed by atoms with Crippen LogP contribution in [0.2, 0.25) is 0 Å². The largest absolute Gasteiger partial charge is 0.296 e. The second-order valence-electron chi connectivity index (χ2n) is 5.23. The fourth-order valence-corrected chi connectivity index (χ4v) is 2.96. The van der Waals surface area contributed by atoms with Gasteiger partial charge in [-0.3, -0.25) is 4.90 Å². The van der Waals surface area contributed by atoms with Crippen molar-refractivity contribution < 1.29 is 0 Å². The summed E-state index contributed by atoms with van der Waals surface area (Å²) in [6, 6.07) is 0.463. The van der Waals surface area contributed by atoms with Crippen LogP contribution in [0.15, 0.2) is 0 Å². The molecule has 3 rings (SSSR count). The number of aromatic nitrogens is 3. The molecule has 3 heterocycles. The van der Waals surface area contributed by atoms with Crippen molar-refractivity contribution >= 4 is 0 Å². The summed E-state index contributed by atoms with van der Waals surface area (Å²) < 4.78 is 2.13. The van der Waals surface area contributed by atoms with Crippen molar-refractivity contribution in [3.63, 3.8) is 0 Å². The molecule has 0 aromatic carbocycles. The van der Waals surface area contributed by atoms with Crippen molar-refractivity contribution in [2.45, 2.75) is 51.1 Å². The Hall–Kier alpha value is -0.900. The predicted octanol–water partition coefficient (Wildman–Crippen LogP) is 1.94. The third kappa shape index (κ3) is 1.56. The molecule has 1 aromatic heterocycles. The van der Waals surface area contributed by atoms with E-state index < -0.39 is 0 Å². The highest BCUT2D eigenvalue weighted by Gasteiger charge is 2.29. The minimum absolute atomic E-state index is 0.463. The molecule has 2 unspecified atom stereocenters. The fourth-order valence-electron chi connectivity index (χ4n) is 2.96. The maximum atomic E-state index is 4.77. The summed E-state index contributed by atoms with van der Waals surface area (Å²) in [5, 5.41) is 4.70. The molecule has 1 fully saturated rings. The van der Waals surface area contributed by atoms with Crippen LogP contribution in [0.25, 0.3) is 0 Å². The Morgan fingerprint density at radius 3 is 2.69 bits per heavy atom. The molecule has 4 nitrogen and oxygen atoms in total. The topological polar surface area (TPSA) is 34.0 Å². The summed E-state index contributed by atoms with van der Waals surface area (Å²) in [5.74, 6) is 2.85. The van der Waals surface area contributed by atoms with Gasteiger partial charge in [0.05, 0.1) is 6.04 Å². The normalized spacial score (nSPS) is 30.6. The van der Waals surface area contributed by atoms with Gasteiger partial charge >= 0.3 is 0 Å². The monoisotopic (exact) mass is 220 g/mol. The molecule has 0 bridgehead atoms. The average Bonchev–Trinajstić information content (AvgIpc) is 2.84. The summed E-state index contributed by atoms with van der Waals surface area (Å²) >= 11 is 0. The van der Waals surface area contributed by atoms with E-state index in [4.69, 9.17) is 10.1 Å². The lowest BCUT2D eigenvalue weighted by Crippen LogP contribution is -2.18. The van der Waals surface area contributed by atoms with Crippen molar-refractivity contribution in [1.29, 1.82) is 0 Å². The molecule has 0 aliphatic carbocycles. The Balaban J connectivity index is 1.91. The van der Waals surface area contributed by atoms with Gasteiger partial charge in [0.25, 0.3) is 0 Å². The van der Waals surface area contributed by atoms with E-state index in [-0.39, 0.29) is 0 Å². The lowest BCUT2D eigenvalue weighted by atomic mass is 10.0. The Bertz CT molecular complexity index is 384. The van der Waals surface area contributed by atoms with Gasteiger partial charge < -0.3 is 0 Å². The van der Waals surface area contributed by atoms with Gasteiger partial charge in [0.2, 0.25) is 0 Å². The van der Waals surface area contributed by atoms with Gasteiger partial charge in [0.15, 0.2) is 5.82 Å². The number of nitrogens with zero attached hydrogens (tertiary/aromatic N) is 4. The molecule has 0 N–H and O–H groups in total. The van der Waals surface area contributed by atoms with Gasteiger partial charge in [0.1, 0.15) is 5.82 Å². The van der Waals surface area contributed by atoms with Crippen LogP contribution in [-0.4, -0.2) is 33.3 Å². The Morgan fingerprint density at radius 1 is 1.19 bits per heavy atom. The summed E-state index contributed by atoms with van der Waals surface area (Å²) in [6.45, 7) is 4.51. The highest BCUT2D eigenvalue weighted by molar-refractivity contribution is 5.05. The van der Waals surface area contributed by atoms with Crippen LogP contribution in [-0.2, 0) is 6.54 Å². The van der Waals surface area contributed by atoms with Crippen molar-refractivity contribution in [3.05, 3.63) is 11.6 Å². The van der Waals surface area contributed by atoms with E-state index in [1.54, 1.807) is 0 Å². The fraction of sp³-hybridized carbons (Fsp3) is 0.833. The second-order valence-corrected chi connectivity index (χ2v) is 5.23. The first kappa shape index (κ1) is 10.3. The number of hydrogen-bond donors (Lipinski definition) is 0. The van der Waals surface area contributed by atoms with Gasteiger partial charge in [-0.1, -0.05) is 6.92 Å². The second kappa shape index (κ2) is 3.84. The molecule has 1 aromatic rings. The van der Waals surface area contributed by atoms with Crippen molar-refractivity contribution in [1.82, 2.24) is 19.7 Å². The van der Waals surface area contributed by atoms with Crippen LogP contribution in [0.3, 0.4) is 0 Å². The van der Waals surface area contributed by atoms with E-state index in [1.165, 1.54) is 38.1 Å². The van der Waals surface area contributed by atoms with Gasteiger partial charge in [-0.25, -0.2) is 9.67 Å². The molecule has 1 saturated heterocycles. The minimum atomic E-state index is 0.463. The molecular weight excluding hydrogens is 200 g/mol. The van der Waals surface area contributed by atoms with Crippen molar-refractivity contribution in [2.24, 2.45) is 0 Å². The zero-order valence-electron chi connectivity index (χ0n) is 10.2. The van der Waals surface area contributed by atoms with Gasteiger partial charge in [-0.05, 0) is 39.3 Å². The summed E-state index contributed by atoms with van der Waals surface area (Å²) in [5.41, 5.74) is 0. The quantitative estimate of drug-likeness (QED) is 0.725. The third-order valence-corrected chi connectivity index (χ3v) is 3.98.